The van der Waals surface area contributed by atoms with Gasteiger partial charge in [-0.1, -0.05) is 37.3 Å². The lowest BCUT2D eigenvalue weighted by atomic mass is 10.1. The van der Waals surface area contributed by atoms with Crippen LogP contribution in [-0.4, -0.2) is 36.0 Å². The van der Waals surface area contributed by atoms with Crippen LogP contribution in [0.15, 0.2) is 30.3 Å². The summed E-state index contributed by atoms with van der Waals surface area (Å²) in [6.45, 7) is 5.16. The summed E-state index contributed by atoms with van der Waals surface area (Å²) < 4.78 is 5.36. The number of hydrogen-bond donors (Lipinski definition) is 1. The molecule has 0 spiro atoms. The number of carbonyl (C=O) groups excluding carboxylic acids is 1. The molecule has 1 aliphatic heterocycles. The average molecular weight is 331 g/mol. The number of thiazole rings is 1. The predicted octanol–water partition coefficient (Wildman–Crippen LogP) is 2.85. The average Bonchev–Trinajstić information content (AvgIpc) is 2.97. The molecule has 1 aromatic carbocycles. The van der Waals surface area contributed by atoms with Gasteiger partial charge in [0, 0.05) is 31.5 Å². The molecule has 6 heteroatoms. The van der Waals surface area contributed by atoms with Crippen molar-refractivity contribution in [3.63, 3.8) is 0 Å². The van der Waals surface area contributed by atoms with Gasteiger partial charge in [0.1, 0.15) is 0 Å². The Morgan fingerprint density at radius 1 is 1.43 bits per heavy atom. The topological polar surface area (TPSA) is 54.5 Å². The van der Waals surface area contributed by atoms with E-state index in [1.54, 1.807) is 18.4 Å². The minimum atomic E-state index is -0.621. The highest BCUT2D eigenvalue weighted by Crippen LogP contribution is 2.29. The molecule has 1 aromatic heterocycles. The molecule has 3 rings (SSSR count). The van der Waals surface area contributed by atoms with Crippen LogP contribution in [0.1, 0.15) is 29.2 Å². The van der Waals surface area contributed by atoms with E-state index in [0.29, 0.717) is 5.13 Å². The first-order valence-corrected chi connectivity index (χ1v) is 8.62. The van der Waals surface area contributed by atoms with Crippen LogP contribution < -0.4 is 5.32 Å². The number of ether oxygens (including phenoxy) is 1. The first-order chi connectivity index (χ1) is 11.2. The summed E-state index contributed by atoms with van der Waals surface area (Å²) in [4.78, 5) is 20.7. The zero-order chi connectivity index (χ0) is 16.2. The highest BCUT2D eigenvalue weighted by molar-refractivity contribution is 7.15. The van der Waals surface area contributed by atoms with Crippen molar-refractivity contribution in [2.24, 2.45) is 0 Å². The fourth-order valence-corrected chi connectivity index (χ4v) is 3.82. The Morgan fingerprint density at radius 3 is 2.91 bits per heavy atom. The number of hydrogen-bond acceptors (Lipinski definition) is 5. The summed E-state index contributed by atoms with van der Waals surface area (Å²) in [6, 6.07) is 9.49. The number of anilines is 1. The number of carbonyl (C=O) groups is 1. The smallest absolute Gasteiger partial charge is 0.259 e. The number of benzene rings is 1. The van der Waals surface area contributed by atoms with Crippen molar-refractivity contribution in [1.29, 1.82) is 0 Å². The number of nitrogens with zero attached hydrogens (tertiary/aromatic N) is 2. The molecule has 0 aliphatic carbocycles. The van der Waals surface area contributed by atoms with Crippen molar-refractivity contribution < 1.29 is 9.53 Å². The second kappa shape index (κ2) is 7.21. The highest BCUT2D eigenvalue weighted by Gasteiger charge is 2.24. The number of fused-ring (bicyclic) bond motifs is 1. The summed E-state index contributed by atoms with van der Waals surface area (Å²) in [6.07, 6.45) is 0.325. The quantitative estimate of drug-likeness (QED) is 0.915. The summed E-state index contributed by atoms with van der Waals surface area (Å²) in [5.41, 5.74) is 1.95. The second-order valence-corrected chi connectivity index (χ2v) is 6.61. The molecule has 1 N–H and O–H groups in total. The van der Waals surface area contributed by atoms with Gasteiger partial charge in [-0.25, -0.2) is 4.98 Å². The Hall–Kier alpha value is -1.76. The lowest BCUT2D eigenvalue weighted by Crippen LogP contribution is -2.29. The number of likely N-dealkylation sites (N-methyl/N-ethyl adjacent to an activating group) is 1. The Kier molecular flexibility index (Phi) is 5.05. The van der Waals surface area contributed by atoms with Gasteiger partial charge in [0.05, 0.1) is 5.69 Å². The maximum absolute atomic E-state index is 12.5. The van der Waals surface area contributed by atoms with Crippen LogP contribution in [0.5, 0.6) is 0 Å². The first kappa shape index (κ1) is 16.1. The molecule has 2 aromatic rings. The van der Waals surface area contributed by atoms with E-state index in [1.807, 2.05) is 30.3 Å². The molecule has 1 atom stereocenters. The summed E-state index contributed by atoms with van der Waals surface area (Å²) in [7, 11) is 1.54. The van der Waals surface area contributed by atoms with Crippen molar-refractivity contribution >= 4 is 22.4 Å². The van der Waals surface area contributed by atoms with Gasteiger partial charge in [-0.05, 0) is 12.1 Å². The van der Waals surface area contributed by atoms with E-state index in [1.165, 1.54) is 4.88 Å². The van der Waals surface area contributed by atoms with Crippen LogP contribution in [0.3, 0.4) is 0 Å². The van der Waals surface area contributed by atoms with Gasteiger partial charge in [0.2, 0.25) is 0 Å². The van der Waals surface area contributed by atoms with Crippen LogP contribution >= 0.6 is 11.3 Å². The molecule has 1 amide bonds. The molecule has 122 valence electrons. The van der Waals surface area contributed by atoms with E-state index in [-0.39, 0.29) is 5.91 Å². The van der Waals surface area contributed by atoms with E-state index in [4.69, 9.17) is 4.74 Å². The molecule has 2 heterocycles. The molecule has 0 bridgehead atoms. The number of methoxy groups -OCH3 is 1. The highest BCUT2D eigenvalue weighted by atomic mass is 32.1. The Morgan fingerprint density at radius 2 is 2.22 bits per heavy atom. The van der Waals surface area contributed by atoms with Gasteiger partial charge in [-0.15, -0.1) is 11.3 Å². The summed E-state index contributed by atoms with van der Waals surface area (Å²) in [5, 5.41) is 3.57. The third kappa shape index (κ3) is 3.60. The molecule has 5 nitrogen and oxygen atoms in total. The van der Waals surface area contributed by atoms with Gasteiger partial charge < -0.3 is 4.74 Å². The van der Waals surface area contributed by atoms with Gasteiger partial charge in [0.25, 0.3) is 5.91 Å². The number of rotatable bonds is 5. The lowest BCUT2D eigenvalue weighted by Gasteiger charge is -2.23. The van der Waals surface area contributed by atoms with Gasteiger partial charge in [-0.3, -0.25) is 15.0 Å². The molecular formula is C17H21N3O2S. The fraction of sp³-hybridized carbons (Fsp3) is 0.412. The van der Waals surface area contributed by atoms with E-state index in [9.17, 15) is 4.79 Å². The van der Waals surface area contributed by atoms with E-state index >= 15 is 0 Å². The van der Waals surface area contributed by atoms with Gasteiger partial charge in [-0.2, -0.15) is 0 Å². The van der Waals surface area contributed by atoms with Crippen molar-refractivity contribution in [3.05, 3.63) is 46.5 Å². The van der Waals surface area contributed by atoms with Crippen LogP contribution in [0.4, 0.5) is 5.13 Å². The van der Waals surface area contributed by atoms with E-state index < -0.39 is 6.10 Å². The molecular weight excluding hydrogens is 310 g/mol. The molecule has 1 aliphatic rings. The SMILES string of the molecule is CCN1CCc2nc(NC(=O)C(OC)c3ccccc3)sc2C1. The summed E-state index contributed by atoms with van der Waals surface area (Å²) in [5.74, 6) is -0.183. The van der Waals surface area contributed by atoms with Crippen LogP contribution in [0, 0.1) is 0 Å². The van der Waals surface area contributed by atoms with Crippen LogP contribution in [0.2, 0.25) is 0 Å². The van der Waals surface area contributed by atoms with Crippen molar-refractivity contribution in [2.45, 2.75) is 26.0 Å². The monoisotopic (exact) mass is 331 g/mol. The Labute approximate surface area is 140 Å². The van der Waals surface area contributed by atoms with Crippen molar-refractivity contribution in [3.8, 4) is 0 Å². The third-order valence-corrected chi connectivity index (χ3v) is 5.06. The largest absolute Gasteiger partial charge is 0.367 e. The maximum atomic E-state index is 12.5. The van der Waals surface area contributed by atoms with Crippen LogP contribution in [0.25, 0.3) is 0 Å². The van der Waals surface area contributed by atoms with E-state index in [2.05, 4.69) is 22.1 Å². The minimum Gasteiger partial charge on any atom is -0.367 e. The maximum Gasteiger partial charge on any atom is 0.259 e. The Bertz CT molecular complexity index is 672. The van der Waals surface area contributed by atoms with Crippen molar-refractivity contribution in [1.82, 2.24) is 9.88 Å². The normalized spacial score (nSPS) is 15.9. The van der Waals surface area contributed by atoms with Gasteiger partial charge in [0.15, 0.2) is 11.2 Å². The number of nitrogens with one attached hydrogen (secondary N) is 1. The predicted molar refractivity (Wildman–Crippen MR) is 91.6 cm³/mol. The number of amides is 1. The standard InChI is InChI=1S/C17H21N3O2S/c1-3-20-10-9-13-14(11-20)23-17(18-13)19-16(21)15(22-2)12-7-5-4-6-8-12/h4-8,15H,3,9-11H2,1-2H3,(H,18,19,21). The molecule has 1 unspecified atom stereocenters. The Balaban J connectivity index is 1.72. The molecule has 0 saturated heterocycles. The fourth-order valence-electron chi connectivity index (χ4n) is 2.77. The summed E-state index contributed by atoms with van der Waals surface area (Å²) >= 11 is 1.57. The molecule has 0 radical (unpaired) electrons. The lowest BCUT2D eigenvalue weighted by molar-refractivity contribution is -0.126. The molecule has 0 fully saturated rings. The second-order valence-electron chi connectivity index (χ2n) is 5.52. The van der Waals surface area contributed by atoms with E-state index in [0.717, 1.165) is 37.3 Å². The van der Waals surface area contributed by atoms with Crippen LogP contribution in [-0.2, 0) is 22.5 Å². The zero-order valence-electron chi connectivity index (χ0n) is 13.4. The van der Waals surface area contributed by atoms with Gasteiger partial charge >= 0.3 is 0 Å². The number of aromatic nitrogens is 1. The third-order valence-electron chi connectivity index (χ3n) is 4.06. The van der Waals surface area contributed by atoms with Crippen molar-refractivity contribution in [2.75, 3.05) is 25.5 Å². The minimum absolute atomic E-state index is 0.183. The zero-order valence-corrected chi connectivity index (χ0v) is 14.2. The first-order valence-electron chi connectivity index (χ1n) is 7.80. The molecule has 0 saturated carbocycles. The molecule has 23 heavy (non-hydrogen) atoms.